The second kappa shape index (κ2) is 14.1. The van der Waals surface area contributed by atoms with E-state index in [1.807, 2.05) is 0 Å². The van der Waals surface area contributed by atoms with Crippen LogP contribution in [-0.4, -0.2) is 22.4 Å². The molecule has 0 radical (unpaired) electrons. The van der Waals surface area contributed by atoms with Crippen LogP contribution in [0.5, 0.6) is 0 Å². The average Bonchev–Trinajstić information content (AvgIpc) is 3.30. The summed E-state index contributed by atoms with van der Waals surface area (Å²) in [5, 5.41) is 27.0. The van der Waals surface area contributed by atoms with Crippen LogP contribution >= 0.6 is 0 Å². The fraction of sp³-hybridized carbons (Fsp3) is 0.107. The van der Waals surface area contributed by atoms with E-state index in [-0.39, 0.29) is 23.7 Å². The lowest BCUT2D eigenvalue weighted by molar-refractivity contribution is -0.0706. The summed E-state index contributed by atoms with van der Waals surface area (Å²) in [6, 6.07) is 74.0. The minimum Gasteiger partial charge on any atom is -0.390 e. The Bertz CT molecular complexity index is 2730. The molecule has 0 spiro atoms. The Morgan fingerprint density at radius 3 is 0.966 bits per heavy atom. The third-order valence-electron chi connectivity index (χ3n) is 13.1. The maximum atomic E-state index is 12.3. The van der Waals surface area contributed by atoms with Crippen LogP contribution < -0.4 is 10.4 Å². The minimum absolute atomic E-state index is 0.120. The average molecular weight is 747 g/mol. The number of aliphatic hydroxyl groups is 2. The third kappa shape index (κ3) is 5.48. The van der Waals surface area contributed by atoms with Crippen molar-refractivity contribution in [2.24, 2.45) is 11.8 Å². The lowest BCUT2D eigenvalue weighted by Crippen LogP contribution is -2.58. The molecular weight excluding hydrogens is 705 g/mol. The molecule has 8 aromatic rings. The van der Waals surface area contributed by atoms with Crippen molar-refractivity contribution in [3.63, 3.8) is 0 Å². The highest BCUT2D eigenvalue weighted by atomic mass is 16.3. The van der Waals surface area contributed by atoms with Crippen LogP contribution in [0.25, 0.3) is 55.7 Å². The van der Waals surface area contributed by atoms with Crippen LogP contribution in [0, 0.1) is 11.8 Å². The molecule has 1 saturated carbocycles. The van der Waals surface area contributed by atoms with Crippen molar-refractivity contribution in [2.75, 3.05) is 0 Å². The van der Waals surface area contributed by atoms with Crippen LogP contribution in [0.2, 0.25) is 0 Å². The molecule has 0 saturated heterocycles. The molecule has 0 aliphatic heterocycles. The molecule has 4 aliphatic rings. The molecule has 0 aromatic heterocycles. The summed E-state index contributed by atoms with van der Waals surface area (Å²) in [5.41, 5.74) is 16.4. The fourth-order valence-corrected chi connectivity index (χ4v) is 10.7. The van der Waals surface area contributed by atoms with E-state index in [2.05, 4.69) is 206 Å². The molecule has 8 aromatic carbocycles. The molecular formula is C56H42O2. The van der Waals surface area contributed by atoms with Crippen molar-refractivity contribution in [3.8, 4) is 44.5 Å². The highest BCUT2D eigenvalue weighted by molar-refractivity contribution is 5.92. The largest absolute Gasteiger partial charge is 0.390 e. The molecule has 2 heteroatoms. The molecule has 6 unspecified atom stereocenters. The molecule has 0 heterocycles. The number of fused-ring (bicyclic) bond motifs is 2. The standard InChI is InChI=1S/C56H42O2/c57-55-51-43-27-15-16-28-44(43)52(56(55)58)54-50(46-32-30-40(36-19-7-2-8-20-36)34-48(46)38-23-11-4-12-24-38)42-26-14-13-25-41(42)49(53(51)54)45-31-29-39(35-17-5-1-6-18-35)33-47(45)37-21-9-3-10-22-37/h1-34,51-58H. The number of aliphatic hydroxyl groups excluding tert-OH is 2. The van der Waals surface area contributed by atoms with E-state index in [1.54, 1.807) is 0 Å². The quantitative estimate of drug-likeness (QED) is 0.178. The van der Waals surface area contributed by atoms with Gasteiger partial charge in [0.2, 0.25) is 0 Å². The summed E-state index contributed by atoms with van der Waals surface area (Å²) in [6.07, 6.45) is -1.83. The van der Waals surface area contributed by atoms with Crippen LogP contribution in [-0.2, 0) is 0 Å². The first kappa shape index (κ1) is 34.7. The van der Waals surface area contributed by atoms with Crippen LogP contribution in [0.4, 0.5) is 0 Å². The Hall–Kier alpha value is -6.58. The Labute approximate surface area is 339 Å². The van der Waals surface area contributed by atoms with Crippen molar-refractivity contribution in [1.82, 2.24) is 0 Å². The zero-order valence-corrected chi connectivity index (χ0v) is 32.0. The van der Waals surface area contributed by atoms with Gasteiger partial charge in [0.15, 0.2) is 0 Å². The minimum atomic E-state index is -0.916. The van der Waals surface area contributed by atoms with Gasteiger partial charge >= 0.3 is 0 Å². The Kier molecular flexibility index (Phi) is 8.43. The molecule has 0 amide bonds. The highest BCUT2D eigenvalue weighted by Crippen LogP contribution is 2.63. The van der Waals surface area contributed by atoms with Gasteiger partial charge in [-0.1, -0.05) is 194 Å². The smallest absolute Gasteiger partial charge is 0.0879 e. The fourth-order valence-electron chi connectivity index (χ4n) is 10.7. The summed E-state index contributed by atoms with van der Waals surface area (Å²) in [4.78, 5) is 0. The summed E-state index contributed by atoms with van der Waals surface area (Å²) in [5.74, 6) is -0.877. The Morgan fingerprint density at radius 2 is 0.586 bits per heavy atom. The number of hydrogen-bond donors (Lipinski definition) is 2. The SMILES string of the molecule is OC1C(O)C2c3ccccc3C1C1C(c3ccc(-c4ccccc4)cc3-c3ccccc3)=c3ccccc3=C(c3ccc(-c4ccccc4)cc3-c3ccccc3)C12. The van der Waals surface area contributed by atoms with Crippen molar-refractivity contribution in [1.29, 1.82) is 0 Å². The van der Waals surface area contributed by atoms with Gasteiger partial charge in [0, 0.05) is 23.7 Å². The lowest BCUT2D eigenvalue weighted by atomic mass is 9.48. The van der Waals surface area contributed by atoms with Gasteiger partial charge in [0.1, 0.15) is 0 Å². The maximum absolute atomic E-state index is 12.3. The van der Waals surface area contributed by atoms with Gasteiger partial charge in [-0.2, -0.15) is 0 Å². The zero-order valence-electron chi connectivity index (χ0n) is 32.0. The van der Waals surface area contributed by atoms with E-state index in [4.69, 9.17) is 0 Å². The lowest BCUT2D eigenvalue weighted by Gasteiger charge is -2.57. The van der Waals surface area contributed by atoms with E-state index >= 15 is 0 Å². The van der Waals surface area contributed by atoms with Gasteiger partial charge in [-0.15, -0.1) is 0 Å². The van der Waals surface area contributed by atoms with Crippen molar-refractivity contribution in [3.05, 3.63) is 239 Å². The van der Waals surface area contributed by atoms with Crippen LogP contribution in [0.1, 0.15) is 34.1 Å². The van der Waals surface area contributed by atoms with Crippen LogP contribution in [0.3, 0.4) is 0 Å². The first-order valence-electron chi connectivity index (χ1n) is 20.4. The molecule has 2 bridgehead atoms. The van der Waals surface area contributed by atoms with Gasteiger partial charge in [-0.25, -0.2) is 0 Å². The molecule has 58 heavy (non-hydrogen) atoms. The normalized spacial score (nSPS) is 21.6. The predicted molar refractivity (Wildman–Crippen MR) is 236 cm³/mol. The zero-order chi connectivity index (χ0) is 38.7. The molecule has 4 aliphatic carbocycles. The van der Waals surface area contributed by atoms with Gasteiger partial charge < -0.3 is 10.2 Å². The number of benzene rings is 8. The monoisotopic (exact) mass is 746 g/mol. The van der Waals surface area contributed by atoms with E-state index < -0.39 is 12.2 Å². The first-order valence-corrected chi connectivity index (χ1v) is 20.4. The van der Waals surface area contributed by atoms with Crippen molar-refractivity contribution in [2.45, 2.75) is 24.0 Å². The van der Waals surface area contributed by atoms with Gasteiger partial charge in [0.25, 0.3) is 0 Å². The molecule has 12 rings (SSSR count). The van der Waals surface area contributed by atoms with E-state index in [0.29, 0.717) is 0 Å². The van der Waals surface area contributed by atoms with E-state index in [1.165, 1.54) is 43.8 Å². The third-order valence-corrected chi connectivity index (χ3v) is 13.1. The topological polar surface area (TPSA) is 40.5 Å². The first-order chi connectivity index (χ1) is 28.7. The highest BCUT2D eigenvalue weighted by Gasteiger charge is 2.59. The molecule has 2 nitrogen and oxygen atoms in total. The second-order valence-corrected chi connectivity index (χ2v) is 16.1. The summed E-state index contributed by atoms with van der Waals surface area (Å²) >= 11 is 0. The molecule has 278 valence electrons. The van der Waals surface area contributed by atoms with E-state index in [9.17, 15) is 10.2 Å². The van der Waals surface area contributed by atoms with Gasteiger partial charge in [-0.05, 0) is 100 Å². The molecule has 2 N–H and O–H groups in total. The van der Waals surface area contributed by atoms with Crippen molar-refractivity contribution < 1.29 is 10.2 Å². The van der Waals surface area contributed by atoms with Crippen LogP contribution in [0.15, 0.2) is 206 Å². The molecule has 1 fully saturated rings. The summed E-state index contributed by atoms with van der Waals surface area (Å²) in [6.45, 7) is 0. The van der Waals surface area contributed by atoms with Crippen molar-refractivity contribution >= 4 is 11.1 Å². The Balaban J connectivity index is 1.27. The molecule has 6 atom stereocenters. The Morgan fingerprint density at radius 1 is 0.259 bits per heavy atom. The van der Waals surface area contributed by atoms with E-state index in [0.717, 1.165) is 44.5 Å². The van der Waals surface area contributed by atoms with Gasteiger partial charge in [-0.3, -0.25) is 0 Å². The number of rotatable bonds is 6. The summed E-state index contributed by atoms with van der Waals surface area (Å²) < 4.78 is 0. The van der Waals surface area contributed by atoms with Gasteiger partial charge in [0.05, 0.1) is 12.2 Å². The second-order valence-electron chi connectivity index (χ2n) is 16.1. The maximum Gasteiger partial charge on any atom is 0.0879 e. The number of hydrogen-bond acceptors (Lipinski definition) is 2. The predicted octanol–water partition coefficient (Wildman–Crippen LogP) is 10.6. The summed E-state index contributed by atoms with van der Waals surface area (Å²) in [7, 11) is 0.